The maximum Gasteiger partial charge on any atom is 0.212 e. The first-order valence-corrected chi connectivity index (χ1v) is 7.05. The number of sulfonamides is 1. The van der Waals surface area contributed by atoms with E-state index in [2.05, 4.69) is 13.0 Å². The molecule has 2 atom stereocenters. The van der Waals surface area contributed by atoms with Gasteiger partial charge in [-0.05, 0) is 25.0 Å². The van der Waals surface area contributed by atoms with E-state index in [0.717, 1.165) is 6.42 Å². The van der Waals surface area contributed by atoms with Crippen LogP contribution in [0.4, 0.5) is 0 Å². The quantitative estimate of drug-likeness (QED) is 0.856. The van der Waals surface area contributed by atoms with Crippen LogP contribution in [0.3, 0.4) is 0 Å². The van der Waals surface area contributed by atoms with E-state index in [4.69, 9.17) is 5.14 Å². The number of primary sulfonamides is 1. The Labute approximate surface area is 88.0 Å². The second-order valence-corrected chi connectivity index (χ2v) is 6.61. The molecule has 1 aromatic rings. The van der Waals surface area contributed by atoms with Crippen molar-refractivity contribution in [2.45, 2.75) is 30.9 Å². The molecule has 0 spiro atoms. The summed E-state index contributed by atoms with van der Waals surface area (Å²) in [5.41, 5.74) is 0. The first-order chi connectivity index (χ1) is 6.52. The number of hydrogen-bond donors (Lipinski definition) is 1. The van der Waals surface area contributed by atoms with E-state index in [1.807, 2.05) is 6.07 Å². The van der Waals surface area contributed by atoms with Gasteiger partial charge in [0.2, 0.25) is 10.0 Å². The summed E-state index contributed by atoms with van der Waals surface area (Å²) in [4.78, 5) is 2.47. The lowest BCUT2D eigenvalue weighted by Gasteiger charge is -1.93. The van der Waals surface area contributed by atoms with Crippen molar-refractivity contribution in [3.05, 3.63) is 21.9 Å². The molecule has 0 radical (unpaired) electrons. The van der Waals surface area contributed by atoms with Crippen molar-refractivity contribution in [3.8, 4) is 0 Å². The molecule has 1 heterocycles. The number of rotatable bonds is 3. The van der Waals surface area contributed by atoms with Crippen LogP contribution < -0.4 is 5.14 Å². The lowest BCUT2D eigenvalue weighted by molar-refractivity contribution is 0.596. The number of nitrogens with two attached hydrogens (primary N) is 1. The van der Waals surface area contributed by atoms with E-state index < -0.39 is 10.0 Å². The van der Waals surface area contributed by atoms with Gasteiger partial charge < -0.3 is 0 Å². The predicted octanol–water partition coefficient (Wildman–Crippen LogP) is 1.45. The third-order valence-electron chi connectivity index (χ3n) is 2.55. The summed E-state index contributed by atoms with van der Waals surface area (Å²) in [5, 5.41) is 4.76. The highest BCUT2D eigenvalue weighted by Crippen LogP contribution is 2.47. The van der Waals surface area contributed by atoms with Crippen molar-refractivity contribution < 1.29 is 8.42 Å². The molecule has 3 nitrogen and oxygen atoms in total. The maximum absolute atomic E-state index is 11.0. The van der Waals surface area contributed by atoms with Gasteiger partial charge in [0, 0.05) is 15.7 Å². The summed E-state index contributed by atoms with van der Waals surface area (Å²) in [5.74, 6) is 0.162. The van der Waals surface area contributed by atoms with Gasteiger partial charge in [0.25, 0.3) is 0 Å². The number of aryl methyl sites for hydroxylation is 1. The van der Waals surface area contributed by atoms with Crippen LogP contribution in [0.2, 0.25) is 0 Å². The molecule has 5 heteroatoms. The molecule has 1 saturated carbocycles. The van der Waals surface area contributed by atoms with Gasteiger partial charge in [-0.15, -0.1) is 11.3 Å². The fourth-order valence-corrected chi connectivity index (χ4v) is 3.92. The van der Waals surface area contributed by atoms with Crippen molar-refractivity contribution in [1.29, 1.82) is 0 Å². The Hall–Kier alpha value is -0.390. The Bertz CT molecular complexity index is 435. The van der Waals surface area contributed by atoms with Crippen LogP contribution in [0.1, 0.15) is 29.0 Å². The Balaban J connectivity index is 2.13. The number of hydrogen-bond acceptors (Lipinski definition) is 3. The minimum Gasteiger partial charge on any atom is -0.228 e. The maximum atomic E-state index is 11.0. The van der Waals surface area contributed by atoms with Gasteiger partial charge in [-0.3, -0.25) is 0 Å². The molecule has 0 aromatic carbocycles. The highest BCUT2D eigenvalue weighted by atomic mass is 32.2. The van der Waals surface area contributed by atoms with Crippen molar-refractivity contribution in [3.63, 3.8) is 0 Å². The minimum absolute atomic E-state index is 0.162. The molecule has 1 aliphatic carbocycles. The van der Waals surface area contributed by atoms with Gasteiger partial charge in [-0.25, -0.2) is 13.6 Å². The molecule has 2 rings (SSSR count). The van der Waals surface area contributed by atoms with E-state index in [1.54, 1.807) is 11.3 Å². The average Bonchev–Trinajstić information content (AvgIpc) is 2.78. The van der Waals surface area contributed by atoms with Crippen LogP contribution in [0, 0.1) is 0 Å². The average molecular weight is 231 g/mol. The second kappa shape index (κ2) is 3.32. The smallest absolute Gasteiger partial charge is 0.212 e. The predicted molar refractivity (Wildman–Crippen MR) is 58.0 cm³/mol. The van der Waals surface area contributed by atoms with Gasteiger partial charge in [-0.1, -0.05) is 6.92 Å². The van der Waals surface area contributed by atoms with Crippen LogP contribution in [-0.2, 0) is 16.4 Å². The summed E-state index contributed by atoms with van der Waals surface area (Å²) in [6.07, 6.45) is 1.71. The van der Waals surface area contributed by atoms with Gasteiger partial charge in [0.15, 0.2) is 0 Å². The normalized spacial score (nSPS) is 26.4. The number of thiophene rings is 1. The largest absolute Gasteiger partial charge is 0.228 e. The van der Waals surface area contributed by atoms with Crippen molar-refractivity contribution in [1.82, 2.24) is 0 Å². The zero-order chi connectivity index (χ0) is 10.3. The van der Waals surface area contributed by atoms with Crippen LogP contribution >= 0.6 is 11.3 Å². The third kappa shape index (κ3) is 1.85. The third-order valence-corrected chi connectivity index (χ3v) is 5.28. The highest BCUT2D eigenvalue weighted by Gasteiger charge is 2.47. The lowest BCUT2D eigenvalue weighted by atomic mass is 10.3. The highest BCUT2D eigenvalue weighted by molar-refractivity contribution is 7.90. The first-order valence-electron chi connectivity index (χ1n) is 4.62. The van der Waals surface area contributed by atoms with Crippen LogP contribution in [0.25, 0.3) is 0 Å². The lowest BCUT2D eigenvalue weighted by Crippen LogP contribution is -2.18. The molecule has 2 unspecified atom stereocenters. The topological polar surface area (TPSA) is 60.2 Å². The summed E-state index contributed by atoms with van der Waals surface area (Å²) < 4.78 is 22.1. The molecular weight excluding hydrogens is 218 g/mol. The van der Waals surface area contributed by atoms with Crippen LogP contribution in [0.15, 0.2) is 12.1 Å². The molecule has 14 heavy (non-hydrogen) atoms. The van der Waals surface area contributed by atoms with E-state index >= 15 is 0 Å². The molecule has 0 saturated heterocycles. The molecule has 0 aliphatic heterocycles. The monoisotopic (exact) mass is 231 g/mol. The summed E-state index contributed by atoms with van der Waals surface area (Å²) in [7, 11) is -3.32. The summed E-state index contributed by atoms with van der Waals surface area (Å²) in [6.45, 7) is 2.10. The van der Waals surface area contributed by atoms with Gasteiger partial charge in [-0.2, -0.15) is 0 Å². The van der Waals surface area contributed by atoms with Crippen molar-refractivity contribution in [2.75, 3.05) is 0 Å². The standard InChI is InChI=1S/C9H13NO2S2/c1-2-6-3-4-8(13-6)7-5-9(7)14(10,11)12/h3-4,7,9H,2,5H2,1H3,(H2,10,11,12). The molecule has 1 aromatic heterocycles. The Kier molecular flexibility index (Phi) is 2.41. The van der Waals surface area contributed by atoms with Crippen molar-refractivity contribution >= 4 is 21.4 Å². The SMILES string of the molecule is CCc1ccc(C2CC2S(N)(=O)=O)s1. The van der Waals surface area contributed by atoms with Crippen LogP contribution in [-0.4, -0.2) is 13.7 Å². The zero-order valence-corrected chi connectivity index (χ0v) is 9.57. The fraction of sp³-hybridized carbons (Fsp3) is 0.556. The van der Waals surface area contributed by atoms with Gasteiger partial charge >= 0.3 is 0 Å². The fourth-order valence-electron chi connectivity index (χ4n) is 1.62. The molecule has 1 fully saturated rings. The Morgan fingerprint density at radius 1 is 1.57 bits per heavy atom. The molecule has 0 amide bonds. The Morgan fingerprint density at radius 3 is 2.71 bits per heavy atom. The van der Waals surface area contributed by atoms with E-state index in [0.29, 0.717) is 6.42 Å². The minimum atomic E-state index is -3.32. The summed E-state index contributed by atoms with van der Waals surface area (Å²) >= 11 is 1.70. The molecule has 2 N–H and O–H groups in total. The summed E-state index contributed by atoms with van der Waals surface area (Å²) in [6, 6.07) is 4.10. The molecular formula is C9H13NO2S2. The van der Waals surface area contributed by atoms with E-state index in [1.165, 1.54) is 9.75 Å². The van der Waals surface area contributed by atoms with E-state index in [9.17, 15) is 8.42 Å². The van der Waals surface area contributed by atoms with Crippen LogP contribution in [0.5, 0.6) is 0 Å². The zero-order valence-electron chi connectivity index (χ0n) is 7.93. The van der Waals surface area contributed by atoms with Gasteiger partial charge in [0.1, 0.15) is 0 Å². The van der Waals surface area contributed by atoms with Crippen molar-refractivity contribution in [2.24, 2.45) is 5.14 Å². The Morgan fingerprint density at radius 2 is 2.29 bits per heavy atom. The molecule has 78 valence electrons. The van der Waals surface area contributed by atoms with E-state index in [-0.39, 0.29) is 11.2 Å². The first kappa shape index (κ1) is 10.1. The van der Waals surface area contributed by atoms with Gasteiger partial charge in [0.05, 0.1) is 5.25 Å². The second-order valence-electron chi connectivity index (χ2n) is 3.63. The molecule has 1 aliphatic rings. The molecule has 0 bridgehead atoms.